The third kappa shape index (κ3) is 1.86. The minimum Gasteiger partial charge on any atom is -0.490 e. The minimum atomic E-state index is 0.384. The van der Waals surface area contributed by atoms with E-state index >= 15 is 0 Å². The summed E-state index contributed by atoms with van der Waals surface area (Å²) in [5.74, 6) is 2.53. The summed E-state index contributed by atoms with van der Waals surface area (Å²) < 4.78 is 6.12. The molecule has 3 unspecified atom stereocenters. The largest absolute Gasteiger partial charge is 0.490 e. The smallest absolute Gasteiger partial charge is 0.150 e. The van der Waals surface area contributed by atoms with Crippen LogP contribution in [0.3, 0.4) is 0 Å². The molecule has 2 bridgehead atoms. The van der Waals surface area contributed by atoms with Crippen molar-refractivity contribution in [3.63, 3.8) is 0 Å². The van der Waals surface area contributed by atoms with Crippen LogP contribution in [0.15, 0.2) is 18.2 Å². The third-order valence-corrected chi connectivity index (χ3v) is 4.40. The first-order valence-electron chi connectivity index (χ1n) is 6.49. The van der Waals surface area contributed by atoms with E-state index in [9.17, 15) is 4.79 Å². The number of aldehydes is 1. The number of carbonyl (C=O) groups excluding carboxylic acids is 1. The average molecular weight is 230 g/mol. The molecule has 0 N–H and O–H groups in total. The lowest BCUT2D eigenvalue weighted by Crippen LogP contribution is -2.23. The number of hydrogen-bond donors (Lipinski definition) is 0. The van der Waals surface area contributed by atoms with Crippen LogP contribution in [0.4, 0.5) is 0 Å². The fourth-order valence-electron chi connectivity index (χ4n) is 3.38. The van der Waals surface area contributed by atoms with Gasteiger partial charge >= 0.3 is 0 Å². The summed E-state index contributed by atoms with van der Waals surface area (Å²) in [6, 6.07) is 5.73. The molecule has 0 radical (unpaired) electrons. The van der Waals surface area contributed by atoms with E-state index < -0.39 is 0 Å². The first-order chi connectivity index (χ1) is 8.28. The Hall–Kier alpha value is -1.31. The Morgan fingerprint density at radius 1 is 1.29 bits per heavy atom. The van der Waals surface area contributed by atoms with Crippen LogP contribution in [0.2, 0.25) is 0 Å². The van der Waals surface area contributed by atoms with E-state index in [1.807, 2.05) is 25.1 Å². The molecule has 2 aliphatic rings. The fourth-order valence-corrected chi connectivity index (χ4v) is 3.38. The minimum absolute atomic E-state index is 0.384. The van der Waals surface area contributed by atoms with Gasteiger partial charge in [0.05, 0.1) is 0 Å². The molecule has 1 aromatic rings. The summed E-state index contributed by atoms with van der Waals surface area (Å²) in [6.45, 7) is 1.96. The lowest BCUT2D eigenvalue weighted by Gasteiger charge is -2.24. The Bertz CT molecular complexity index is 439. The molecule has 0 heterocycles. The maximum Gasteiger partial charge on any atom is 0.150 e. The monoisotopic (exact) mass is 230 g/mol. The highest BCUT2D eigenvalue weighted by molar-refractivity contribution is 5.78. The zero-order chi connectivity index (χ0) is 11.8. The van der Waals surface area contributed by atoms with Crippen molar-refractivity contribution in [1.82, 2.24) is 0 Å². The van der Waals surface area contributed by atoms with Crippen LogP contribution in [-0.2, 0) is 0 Å². The maximum atomic E-state index is 10.9. The SMILES string of the molecule is Cc1c(C=O)cccc1OC1CC2CCC1C2. The number of hydrogen-bond acceptors (Lipinski definition) is 2. The highest BCUT2D eigenvalue weighted by Gasteiger charge is 2.41. The van der Waals surface area contributed by atoms with E-state index in [1.54, 1.807) is 0 Å². The van der Waals surface area contributed by atoms with Crippen LogP contribution in [0.5, 0.6) is 5.75 Å². The van der Waals surface area contributed by atoms with E-state index in [2.05, 4.69) is 0 Å². The summed E-state index contributed by atoms with van der Waals surface area (Å²) in [7, 11) is 0. The Morgan fingerprint density at radius 2 is 2.18 bits per heavy atom. The summed E-state index contributed by atoms with van der Waals surface area (Å²) >= 11 is 0. The Kier molecular flexibility index (Phi) is 2.65. The molecule has 1 aromatic carbocycles. The van der Waals surface area contributed by atoms with Crippen molar-refractivity contribution in [2.45, 2.75) is 38.7 Å². The second kappa shape index (κ2) is 4.17. The molecule has 0 aliphatic heterocycles. The molecular weight excluding hydrogens is 212 g/mol. The molecule has 2 aliphatic carbocycles. The van der Waals surface area contributed by atoms with Crippen molar-refractivity contribution >= 4 is 6.29 Å². The van der Waals surface area contributed by atoms with Crippen molar-refractivity contribution in [1.29, 1.82) is 0 Å². The lowest BCUT2D eigenvalue weighted by atomic mass is 9.97. The molecule has 2 nitrogen and oxygen atoms in total. The highest BCUT2D eigenvalue weighted by atomic mass is 16.5. The average Bonchev–Trinajstić information content (AvgIpc) is 2.94. The molecule has 17 heavy (non-hydrogen) atoms. The van der Waals surface area contributed by atoms with E-state index in [-0.39, 0.29) is 0 Å². The molecule has 3 rings (SSSR count). The van der Waals surface area contributed by atoms with Gasteiger partial charge in [0, 0.05) is 11.1 Å². The fraction of sp³-hybridized carbons (Fsp3) is 0.533. The van der Waals surface area contributed by atoms with Gasteiger partial charge in [-0.05, 0) is 50.5 Å². The van der Waals surface area contributed by atoms with E-state index in [4.69, 9.17) is 4.74 Å². The number of ether oxygens (including phenoxy) is 1. The first kappa shape index (κ1) is 10.8. The van der Waals surface area contributed by atoms with Crippen molar-refractivity contribution in [2.24, 2.45) is 11.8 Å². The van der Waals surface area contributed by atoms with Crippen molar-refractivity contribution in [3.8, 4) is 5.75 Å². The van der Waals surface area contributed by atoms with Crippen LogP contribution in [0, 0.1) is 18.8 Å². The van der Waals surface area contributed by atoms with Crippen molar-refractivity contribution in [2.75, 3.05) is 0 Å². The molecule has 0 amide bonds. The van der Waals surface area contributed by atoms with Crippen LogP contribution in [0.25, 0.3) is 0 Å². The molecule has 90 valence electrons. The molecule has 0 spiro atoms. The molecule has 0 aromatic heterocycles. The standard InChI is InChI=1S/C15H18O2/c1-10-13(9-16)3-2-4-14(10)17-15-8-11-5-6-12(15)7-11/h2-4,9,11-12,15H,5-8H2,1H3. The van der Waals surface area contributed by atoms with Crippen LogP contribution >= 0.6 is 0 Å². The van der Waals surface area contributed by atoms with Gasteiger partial charge in [0.1, 0.15) is 18.1 Å². The second-order valence-corrected chi connectivity index (χ2v) is 5.42. The van der Waals surface area contributed by atoms with E-state index in [0.717, 1.165) is 35.0 Å². The summed E-state index contributed by atoms with van der Waals surface area (Å²) in [6.07, 6.45) is 6.55. The zero-order valence-corrected chi connectivity index (χ0v) is 10.2. The van der Waals surface area contributed by atoms with Crippen LogP contribution < -0.4 is 4.74 Å². The van der Waals surface area contributed by atoms with Crippen LogP contribution in [0.1, 0.15) is 41.6 Å². The van der Waals surface area contributed by atoms with Gasteiger partial charge in [0.25, 0.3) is 0 Å². The Balaban J connectivity index is 1.79. The zero-order valence-electron chi connectivity index (χ0n) is 10.2. The highest BCUT2D eigenvalue weighted by Crippen LogP contribution is 2.46. The van der Waals surface area contributed by atoms with Gasteiger partial charge in [-0.15, -0.1) is 0 Å². The first-order valence-corrected chi connectivity index (χ1v) is 6.49. The second-order valence-electron chi connectivity index (χ2n) is 5.42. The van der Waals surface area contributed by atoms with Gasteiger partial charge in [-0.1, -0.05) is 12.1 Å². The van der Waals surface area contributed by atoms with E-state index in [1.165, 1.54) is 25.7 Å². The molecular formula is C15H18O2. The quantitative estimate of drug-likeness (QED) is 0.744. The summed E-state index contributed by atoms with van der Waals surface area (Å²) in [5, 5.41) is 0. The van der Waals surface area contributed by atoms with Crippen LogP contribution in [-0.4, -0.2) is 12.4 Å². The summed E-state index contributed by atoms with van der Waals surface area (Å²) in [5.41, 5.74) is 1.72. The predicted molar refractivity (Wildman–Crippen MR) is 66.4 cm³/mol. The molecule has 0 saturated heterocycles. The van der Waals surface area contributed by atoms with E-state index in [0.29, 0.717) is 6.10 Å². The van der Waals surface area contributed by atoms with Crippen molar-refractivity contribution in [3.05, 3.63) is 29.3 Å². The maximum absolute atomic E-state index is 10.9. The Morgan fingerprint density at radius 3 is 2.82 bits per heavy atom. The normalized spacial score (nSPS) is 30.5. The van der Waals surface area contributed by atoms with Gasteiger partial charge in [0.15, 0.2) is 0 Å². The third-order valence-electron chi connectivity index (χ3n) is 4.40. The van der Waals surface area contributed by atoms with Gasteiger partial charge in [-0.25, -0.2) is 0 Å². The molecule has 2 saturated carbocycles. The number of carbonyl (C=O) groups is 1. The number of fused-ring (bicyclic) bond motifs is 2. The predicted octanol–water partition coefficient (Wildman–Crippen LogP) is 3.37. The molecule has 2 fully saturated rings. The lowest BCUT2D eigenvalue weighted by molar-refractivity contribution is 0.111. The number of rotatable bonds is 3. The molecule has 2 heteroatoms. The summed E-state index contributed by atoms with van der Waals surface area (Å²) in [4.78, 5) is 10.9. The van der Waals surface area contributed by atoms with Gasteiger partial charge in [-0.3, -0.25) is 4.79 Å². The van der Waals surface area contributed by atoms with Gasteiger partial charge in [0.2, 0.25) is 0 Å². The van der Waals surface area contributed by atoms with Gasteiger partial charge in [-0.2, -0.15) is 0 Å². The van der Waals surface area contributed by atoms with Gasteiger partial charge < -0.3 is 4.74 Å². The number of benzene rings is 1. The Labute approximate surface area is 102 Å². The van der Waals surface area contributed by atoms with Crippen molar-refractivity contribution < 1.29 is 9.53 Å². The molecule has 3 atom stereocenters. The topological polar surface area (TPSA) is 26.3 Å².